The lowest BCUT2D eigenvalue weighted by Crippen LogP contribution is -2.52. The van der Waals surface area contributed by atoms with Crippen LogP contribution in [0.15, 0.2) is 18.5 Å². The Kier molecular flexibility index (Phi) is 4.99. The van der Waals surface area contributed by atoms with Crippen LogP contribution in [0.2, 0.25) is 0 Å². The second kappa shape index (κ2) is 7.36. The van der Waals surface area contributed by atoms with Crippen molar-refractivity contribution in [3.05, 3.63) is 18.5 Å². The van der Waals surface area contributed by atoms with Crippen molar-refractivity contribution in [1.29, 1.82) is 0 Å². The van der Waals surface area contributed by atoms with Crippen LogP contribution in [0.1, 0.15) is 44.9 Å². The minimum absolute atomic E-state index is 0.710. The topological polar surface area (TPSA) is 44.3 Å². The molecule has 1 aromatic rings. The molecule has 1 aliphatic heterocycles. The monoisotopic (exact) mass is 329 g/mol. The summed E-state index contributed by atoms with van der Waals surface area (Å²) < 4.78 is 0. The molecule has 1 atom stereocenters. The van der Waals surface area contributed by atoms with Gasteiger partial charge in [-0.05, 0) is 56.7 Å². The number of piperazine rings is 1. The van der Waals surface area contributed by atoms with Crippen LogP contribution in [0.4, 0.5) is 5.95 Å². The van der Waals surface area contributed by atoms with Gasteiger partial charge >= 0.3 is 0 Å². The maximum absolute atomic E-state index is 4.36. The van der Waals surface area contributed by atoms with Crippen molar-refractivity contribution in [2.24, 2.45) is 5.41 Å². The largest absolute Gasteiger partial charge is 0.338 e. The highest BCUT2D eigenvalue weighted by Crippen LogP contribution is 2.53. The maximum Gasteiger partial charge on any atom is 0.225 e. The van der Waals surface area contributed by atoms with Crippen molar-refractivity contribution in [1.82, 2.24) is 20.2 Å². The van der Waals surface area contributed by atoms with Crippen molar-refractivity contribution < 1.29 is 0 Å². The van der Waals surface area contributed by atoms with Crippen LogP contribution in [0, 0.1) is 5.41 Å². The molecule has 0 bridgehead atoms. The number of anilines is 1. The fourth-order valence-corrected chi connectivity index (χ4v) is 4.90. The second-order valence-electron chi connectivity index (χ2n) is 7.85. The molecule has 5 nitrogen and oxygen atoms in total. The van der Waals surface area contributed by atoms with Gasteiger partial charge in [-0.1, -0.05) is 12.8 Å². The molecule has 0 unspecified atom stereocenters. The molecular weight excluding hydrogens is 298 g/mol. The number of nitrogens with one attached hydrogen (secondary N) is 1. The van der Waals surface area contributed by atoms with Crippen molar-refractivity contribution in [3.8, 4) is 0 Å². The molecule has 132 valence electrons. The van der Waals surface area contributed by atoms with Gasteiger partial charge in [0, 0.05) is 44.6 Å². The average molecular weight is 329 g/mol. The van der Waals surface area contributed by atoms with Crippen LogP contribution in [-0.2, 0) is 0 Å². The smallest absolute Gasteiger partial charge is 0.225 e. The van der Waals surface area contributed by atoms with E-state index in [2.05, 4.69) is 25.1 Å². The molecule has 5 heteroatoms. The molecule has 1 spiro atoms. The first kappa shape index (κ1) is 16.3. The lowest BCUT2D eigenvalue weighted by molar-refractivity contribution is 0.0722. The fraction of sp³-hybridized carbons (Fsp3) is 0.789. The molecule has 3 fully saturated rings. The van der Waals surface area contributed by atoms with Crippen LogP contribution < -0.4 is 10.2 Å². The van der Waals surface area contributed by atoms with Gasteiger partial charge in [-0.3, -0.25) is 4.90 Å². The first-order chi connectivity index (χ1) is 11.9. The fourth-order valence-electron chi connectivity index (χ4n) is 4.90. The highest BCUT2D eigenvalue weighted by atomic mass is 15.3. The Morgan fingerprint density at radius 3 is 2.46 bits per heavy atom. The van der Waals surface area contributed by atoms with E-state index in [1.54, 1.807) is 0 Å². The Balaban J connectivity index is 1.13. The summed E-state index contributed by atoms with van der Waals surface area (Å²) in [6, 6.07) is 2.71. The first-order valence-electron chi connectivity index (χ1n) is 9.83. The van der Waals surface area contributed by atoms with Crippen LogP contribution in [0.3, 0.4) is 0 Å². The highest BCUT2D eigenvalue weighted by Gasteiger charge is 2.47. The Hall–Kier alpha value is -1.20. The highest BCUT2D eigenvalue weighted by molar-refractivity contribution is 5.29. The van der Waals surface area contributed by atoms with E-state index >= 15 is 0 Å². The zero-order chi connectivity index (χ0) is 16.2. The van der Waals surface area contributed by atoms with Crippen LogP contribution in [-0.4, -0.2) is 60.2 Å². The standard InChI is InChI=1S/C19H31N5/c1-2-7-19(6-1)8-5-17(19)20-11-4-12-23-13-15-24(16-14-23)18-21-9-3-10-22-18/h3,9-10,17,20H,1-2,4-8,11-16H2/t17-/m0/s1. The number of nitrogens with zero attached hydrogens (tertiary/aromatic N) is 4. The number of aromatic nitrogens is 2. The summed E-state index contributed by atoms with van der Waals surface area (Å²) in [5.41, 5.74) is 0.710. The molecule has 2 aliphatic carbocycles. The SMILES string of the molecule is c1cnc(N2CCN(CCCN[C@H]3CCC34CCCC4)CC2)nc1. The van der Waals surface area contributed by atoms with Crippen LogP contribution in [0.5, 0.6) is 0 Å². The quantitative estimate of drug-likeness (QED) is 0.811. The number of rotatable bonds is 6. The van der Waals surface area contributed by atoms with Gasteiger partial charge in [-0.25, -0.2) is 9.97 Å². The minimum atomic E-state index is 0.710. The van der Waals surface area contributed by atoms with Gasteiger partial charge in [0.2, 0.25) is 5.95 Å². The van der Waals surface area contributed by atoms with Gasteiger partial charge in [0.05, 0.1) is 0 Å². The predicted octanol–water partition coefficient (Wildman–Crippen LogP) is 2.30. The molecule has 24 heavy (non-hydrogen) atoms. The maximum atomic E-state index is 4.36. The Bertz CT molecular complexity index is 506. The van der Waals surface area contributed by atoms with Gasteiger partial charge in [0.1, 0.15) is 0 Å². The molecule has 0 aromatic carbocycles. The molecule has 0 radical (unpaired) electrons. The Morgan fingerprint density at radius 2 is 1.79 bits per heavy atom. The molecule has 0 amide bonds. The molecule has 2 heterocycles. The molecule has 1 saturated heterocycles. The zero-order valence-electron chi connectivity index (χ0n) is 14.8. The summed E-state index contributed by atoms with van der Waals surface area (Å²) in [5, 5.41) is 3.87. The number of hydrogen-bond acceptors (Lipinski definition) is 5. The predicted molar refractivity (Wildman–Crippen MR) is 97.2 cm³/mol. The third-order valence-electron chi connectivity index (χ3n) is 6.52. The molecule has 2 saturated carbocycles. The van der Waals surface area contributed by atoms with E-state index in [-0.39, 0.29) is 0 Å². The van der Waals surface area contributed by atoms with Crippen molar-refractivity contribution in [3.63, 3.8) is 0 Å². The van der Waals surface area contributed by atoms with E-state index in [0.717, 1.165) is 38.2 Å². The summed E-state index contributed by atoms with van der Waals surface area (Å²) in [5.74, 6) is 0.880. The van der Waals surface area contributed by atoms with Gasteiger partial charge < -0.3 is 10.2 Å². The second-order valence-corrected chi connectivity index (χ2v) is 7.85. The lowest BCUT2D eigenvalue weighted by atomic mass is 9.63. The van der Waals surface area contributed by atoms with E-state index in [1.807, 2.05) is 18.5 Å². The van der Waals surface area contributed by atoms with Crippen molar-refractivity contribution in [2.45, 2.75) is 51.0 Å². The summed E-state index contributed by atoms with van der Waals surface area (Å²) in [4.78, 5) is 13.6. The van der Waals surface area contributed by atoms with Crippen LogP contribution in [0.25, 0.3) is 0 Å². The van der Waals surface area contributed by atoms with Crippen molar-refractivity contribution in [2.75, 3.05) is 44.2 Å². The third kappa shape index (κ3) is 3.42. The molecule has 1 aromatic heterocycles. The molecule has 3 aliphatic rings. The normalized spacial score (nSPS) is 26.7. The van der Waals surface area contributed by atoms with Crippen molar-refractivity contribution >= 4 is 5.95 Å². The van der Waals surface area contributed by atoms with Gasteiger partial charge in [0.25, 0.3) is 0 Å². The first-order valence-corrected chi connectivity index (χ1v) is 9.83. The minimum Gasteiger partial charge on any atom is -0.338 e. The number of hydrogen-bond donors (Lipinski definition) is 1. The summed E-state index contributed by atoms with van der Waals surface area (Å²) in [6.07, 6.45) is 13.7. The Labute approximate surface area is 145 Å². The molecule has 4 rings (SSSR count). The van der Waals surface area contributed by atoms with E-state index in [1.165, 1.54) is 58.0 Å². The van der Waals surface area contributed by atoms with Gasteiger partial charge in [-0.15, -0.1) is 0 Å². The summed E-state index contributed by atoms with van der Waals surface area (Å²) in [7, 11) is 0. The average Bonchev–Trinajstić information content (AvgIpc) is 3.14. The van der Waals surface area contributed by atoms with E-state index < -0.39 is 0 Å². The third-order valence-corrected chi connectivity index (χ3v) is 6.52. The van der Waals surface area contributed by atoms with Gasteiger partial charge in [0.15, 0.2) is 0 Å². The van der Waals surface area contributed by atoms with E-state index in [9.17, 15) is 0 Å². The summed E-state index contributed by atoms with van der Waals surface area (Å²) in [6.45, 7) is 6.76. The Morgan fingerprint density at radius 1 is 1.04 bits per heavy atom. The summed E-state index contributed by atoms with van der Waals surface area (Å²) >= 11 is 0. The van der Waals surface area contributed by atoms with Crippen LogP contribution >= 0.6 is 0 Å². The lowest BCUT2D eigenvalue weighted by Gasteiger charge is -2.48. The van der Waals surface area contributed by atoms with E-state index in [4.69, 9.17) is 0 Å². The molecular formula is C19H31N5. The zero-order valence-corrected chi connectivity index (χ0v) is 14.8. The van der Waals surface area contributed by atoms with E-state index in [0.29, 0.717) is 5.41 Å². The molecule has 1 N–H and O–H groups in total. The van der Waals surface area contributed by atoms with Gasteiger partial charge in [-0.2, -0.15) is 0 Å².